The fourth-order valence-electron chi connectivity index (χ4n) is 2.01. The molecular weight excluding hydrogens is 176 g/mol. The Kier molecular flexibility index (Phi) is 2.20. The second-order valence-corrected chi connectivity index (χ2v) is 3.57. The summed E-state index contributed by atoms with van der Waals surface area (Å²) in [5.74, 6) is 1.24. The largest absolute Gasteiger partial charge is 0.508 e. The van der Waals surface area contributed by atoms with Crippen molar-refractivity contribution in [2.45, 2.75) is 19.8 Å². The molecule has 0 heterocycles. The van der Waals surface area contributed by atoms with Crippen molar-refractivity contribution < 1.29 is 9.84 Å². The first-order valence-electron chi connectivity index (χ1n) is 4.80. The monoisotopic (exact) mass is 190 g/mol. The van der Waals surface area contributed by atoms with Crippen molar-refractivity contribution in [3.05, 3.63) is 29.3 Å². The highest BCUT2D eigenvalue weighted by Crippen LogP contribution is 2.38. The van der Waals surface area contributed by atoms with Crippen molar-refractivity contribution in [2.24, 2.45) is 0 Å². The summed E-state index contributed by atoms with van der Waals surface area (Å²) in [5, 5.41) is 9.71. The first-order valence-corrected chi connectivity index (χ1v) is 4.80. The Morgan fingerprint density at radius 3 is 2.86 bits per heavy atom. The molecule has 0 fully saturated rings. The van der Waals surface area contributed by atoms with Gasteiger partial charge in [-0.15, -0.1) is 0 Å². The van der Waals surface area contributed by atoms with E-state index < -0.39 is 0 Å². The van der Waals surface area contributed by atoms with E-state index in [1.165, 1.54) is 5.57 Å². The van der Waals surface area contributed by atoms with E-state index in [9.17, 15) is 5.11 Å². The highest BCUT2D eigenvalue weighted by atomic mass is 16.5. The zero-order valence-electron chi connectivity index (χ0n) is 8.50. The molecular formula is C12H14O2. The number of phenols is 1. The number of ether oxygens (including phenoxy) is 1. The van der Waals surface area contributed by atoms with Gasteiger partial charge in [0.2, 0.25) is 0 Å². The Balaban J connectivity index is 2.67. The molecule has 74 valence electrons. The van der Waals surface area contributed by atoms with Gasteiger partial charge in [0.05, 0.1) is 7.11 Å². The lowest BCUT2D eigenvalue weighted by molar-refractivity contribution is 0.409. The number of fused-ring (bicyclic) bond motifs is 1. The van der Waals surface area contributed by atoms with Gasteiger partial charge in [0.1, 0.15) is 11.5 Å². The quantitative estimate of drug-likeness (QED) is 0.737. The molecule has 1 N–H and O–H groups in total. The maximum absolute atomic E-state index is 9.71. The van der Waals surface area contributed by atoms with Crippen LogP contribution in [0.2, 0.25) is 0 Å². The number of hydrogen-bond donors (Lipinski definition) is 1. The van der Waals surface area contributed by atoms with Gasteiger partial charge < -0.3 is 9.84 Å². The van der Waals surface area contributed by atoms with Gasteiger partial charge in [0, 0.05) is 11.1 Å². The predicted octanol–water partition coefficient (Wildman–Crippen LogP) is 2.75. The summed E-state index contributed by atoms with van der Waals surface area (Å²) >= 11 is 0. The molecule has 0 atom stereocenters. The number of allylic oxidation sites excluding steroid dienone is 2. The number of benzene rings is 1. The third kappa shape index (κ3) is 1.27. The highest BCUT2D eigenvalue weighted by Gasteiger charge is 2.17. The first-order chi connectivity index (χ1) is 6.74. The van der Waals surface area contributed by atoms with Crippen molar-refractivity contribution in [3.63, 3.8) is 0 Å². The van der Waals surface area contributed by atoms with E-state index in [1.54, 1.807) is 13.2 Å². The molecule has 1 aromatic carbocycles. The summed E-state index contributed by atoms with van der Waals surface area (Å²) in [6.07, 6.45) is 4.08. The molecule has 0 spiro atoms. The standard InChI is InChI=1S/C12H14O2/c1-8-4-3-5-9-10(13)6-7-11(14-2)12(8)9/h4,6-7,13H,3,5H2,1-2H3. The number of aromatic hydroxyl groups is 1. The number of hydrogen-bond acceptors (Lipinski definition) is 2. The topological polar surface area (TPSA) is 29.5 Å². The SMILES string of the molecule is COc1ccc(O)c2c1C(C)=CCC2. The first kappa shape index (κ1) is 9.13. The predicted molar refractivity (Wildman–Crippen MR) is 56.6 cm³/mol. The minimum Gasteiger partial charge on any atom is -0.508 e. The Bertz CT molecular complexity index is 392. The van der Waals surface area contributed by atoms with E-state index >= 15 is 0 Å². The van der Waals surface area contributed by atoms with Crippen LogP contribution >= 0.6 is 0 Å². The average molecular weight is 190 g/mol. The van der Waals surface area contributed by atoms with Crippen LogP contribution in [0.5, 0.6) is 11.5 Å². The van der Waals surface area contributed by atoms with Crippen molar-refractivity contribution in [1.29, 1.82) is 0 Å². The maximum atomic E-state index is 9.71. The molecule has 0 aromatic heterocycles. The van der Waals surface area contributed by atoms with Gasteiger partial charge in [-0.1, -0.05) is 6.08 Å². The van der Waals surface area contributed by atoms with Crippen LogP contribution < -0.4 is 4.74 Å². The Labute approximate surface area is 83.8 Å². The Hall–Kier alpha value is -1.44. The van der Waals surface area contributed by atoms with E-state index in [4.69, 9.17) is 4.74 Å². The lowest BCUT2D eigenvalue weighted by Crippen LogP contribution is -2.01. The van der Waals surface area contributed by atoms with Crippen LogP contribution in [0.4, 0.5) is 0 Å². The molecule has 1 aliphatic carbocycles. The summed E-state index contributed by atoms with van der Waals surface area (Å²) in [6.45, 7) is 2.06. The summed E-state index contributed by atoms with van der Waals surface area (Å²) in [5.41, 5.74) is 3.28. The van der Waals surface area contributed by atoms with Crippen LogP contribution in [0.15, 0.2) is 18.2 Å². The molecule has 0 saturated carbocycles. The average Bonchev–Trinajstić information content (AvgIpc) is 2.20. The second kappa shape index (κ2) is 3.37. The van der Waals surface area contributed by atoms with Crippen LogP contribution in [0.3, 0.4) is 0 Å². The van der Waals surface area contributed by atoms with E-state index in [-0.39, 0.29) is 0 Å². The van der Waals surface area contributed by atoms with E-state index in [2.05, 4.69) is 13.0 Å². The van der Waals surface area contributed by atoms with Gasteiger partial charge in [-0.2, -0.15) is 0 Å². The number of phenolic OH excluding ortho intramolecular Hbond substituents is 1. The second-order valence-electron chi connectivity index (χ2n) is 3.57. The molecule has 0 saturated heterocycles. The van der Waals surface area contributed by atoms with Gasteiger partial charge in [-0.05, 0) is 37.5 Å². The van der Waals surface area contributed by atoms with Crippen molar-refractivity contribution in [2.75, 3.05) is 7.11 Å². The van der Waals surface area contributed by atoms with E-state index in [0.717, 1.165) is 29.7 Å². The van der Waals surface area contributed by atoms with Gasteiger partial charge in [0.15, 0.2) is 0 Å². The summed E-state index contributed by atoms with van der Waals surface area (Å²) in [4.78, 5) is 0. The van der Waals surface area contributed by atoms with E-state index in [1.807, 2.05) is 6.07 Å². The van der Waals surface area contributed by atoms with Gasteiger partial charge >= 0.3 is 0 Å². The zero-order valence-corrected chi connectivity index (χ0v) is 8.50. The fourth-order valence-corrected chi connectivity index (χ4v) is 2.01. The van der Waals surface area contributed by atoms with Gasteiger partial charge in [-0.25, -0.2) is 0 Å². The molecule has 1 aromatic rings. The van der Waals surface area contributed by atoms with Crippen LogP contribution in [-0.2, 0) is 6.42 Å². The summed E-state index contributed by atoms with van der Waals surface area (Å²) < 4.78 is 5.29. The number of methoxy groups -OCH3 is 1. The van der Waals surface area contributed by atoms with Gasteiger partial charge in [-0.3, -0.25) is 0 Å². The van der Waals surface area contributed by atoms with Crippen molar-refractivity contribution in [3.8, 4) is 11.5 Å². The van der Waals surface area contributed by atoms with Gasteiger partial charge in [0.25, 0.3) is 0 Å². The third-order valence-electron chi connectivity index (χ3n) is 2.71. The Morgan fingerprint density at radius 2 is 2.14 bits per heavy atom. The van der Waals surface area contributed by atoms with Crippen molar-refractivity contribution >= 4 is 5.57 Å². The summed E-state index contributed by atoms with van der Waals surface area (Å²) in [7, 11) is 1.66. The minimum absolute atomic E-state index is 0.383. The molecule has 0 radical (unpaired) electrons. The smallest absolute Gasteiger partial charge is 0.126 e. The molecule has 0 amide bonds. The Morgan fingerprint density at radius 1 is 1.36 bits per heavy atom. The molecule has 0 unspecified atom stereocenters. The van der Waals surface area contributed by atoms with Crippen molar-refractivity contribution in [1.82, 2.24) is 0 Å². The lowest BCUT2D eigenvalue weighted by atomic mass is 9.90. The summed E-state index contributed by atoms with van der Waals surface area (Å²) in [6, 6.07) is 3.52. The normalized spacial score (nSPS) is 14.6. The molecule has 0 aliphatic heterocycles. The minimum atomic E-state index is 0.383. The number of rotatable bonds is 1. The fraction of sp³-hybridized carbons (Fsp3) is 0.333. The maximum Gasteiger partial charge on any atom is 0.126 e. The van der Waals surface area contributed by atoms with E-state index in [0.29, 0.717) is 5.75 Å². The highest BCUT2D eigenvalue weighted by molar-refractivity contribution is 5.75. The zero-order chi connectivity index (χ0) is 10.1. The van der Waals surface area contributed by atoms with Crippen LogP contribution in [0.1, 0.15) is 24.5 Å². The van der Waals surface area contributed by atoms with Crippen LogP contribution in [0.25, 0.3) is 5.57 Å². The molecule has 14 heavy (non-hydrogen) atoms. The molecule has 1 aliphatic rings. The molecule has 2 nitrogen and oxygen atoms in total. The molecule has 2 rings (SSSR count). The molecule has 0 bridgehead atoms. The third-order valence-corrected chi connectivity index (χ3v) is 2.71. The lowest BCUT2D eigenvalue weighted by Gasteiger charge is -2.19. The van der Waals surface area contributed by atoms with Crippen LogP contribution in [0, 0.1) is 0 Å². The van der Waals surface area contributed by atoms with Crippen LogP contribution in [-0.4, -0.2) is 12.2 Å². The molecule has 2 heteroatoms.